The lowest BCUT2D eigenvalue weighted by Crippen LogP contribution is -2.22. The Morgan fingerprint density at radius 3 is 1.01 bits per heavy atom. The second-order valence-corrected chi connectivity index (χ2v) is 22.7. The summed E-state index contributed by atoms with van der Waals surface area (Å²) < 4.78 is 67.5. The van der Waals surface area contributed by atoms with Gasteiger partial charge in [-0.05, 0) is 163 Å². The molecule has 0 heterocycles. The van der Waals surface area contributed by atoms with Crippen LogP contribution >= 0.6 is 0 Å². The summed E-state index contributed by atoms with van der Waals surface area (Å²) in [5.41, 5.74) is 2.96. The predicted molar refractivity (Wildman–Crippen MR) is 325 cm³/mol. The third-order valence-electron chi connectivity index (χ3n) is 15.7. The highest BCUT2D eigenvalue weighted by Crippen LogP contribution is 2.39. The lowest BCUT2D eigenvalue weighted by molar-refractivity contribution is -0.148. The van der Waals surface area contributed by atoms with Crippen LogP contribution in [-0.4, -0.2) is 143 Å². The Balaban J connectivity index is 0.805. The molecule has 0 spiro atoms. The number of hydrogen-bond acceptors (Lipinski definition) is 14. The van der Waals surface area contributed by atoms with Gasteiger partial charge in [0.1, 0.15) is 23.7 Å². The zero-order valence-electron chi connectivity index (χ0n) is 51.7. The standard InChI is InChI=1S/C68H112O14/c1-5-7-13-19-59-21-25-61(26-22-59)63-29-33-65(34-30-63)79-41-17-11-9-15-39-71-43-45-73-47-49-75-51-53-77-55-57(3)81-67(69)37-38-68(70)82-58(4)56-78-54-52-76-50-48-74-46-44-72-40-16-10-12-18-42-80-66-35-31-64(32-36-66)62-27-23-60(24-28-62)20-14-8-6-2/h29-38,57-62H,5-28,39-56H2,1-4H3/b38-37+/t57-,58-,59?,60?,61?,62?/m0/s1. The third-order valence-corrected chi connectivity index (χ3v) is 15.7. The Labute approximate surface area is 496 Å². The van der Waals surface area contributed by atoms with Crippen molar-refractivity contribution in [2.75, 3.05) is 119 Å². The molecule has 2 aliphatic rings. The van der Waals surface area contributed by atoms with Crippen LogP contribution in [0.15, 0.2) is 60.7 Å². The van der Waals surface area contributed by atoms with E-state index in [4.69, 9.17) is 56.8 Å². The van der Waals surface area contributed by atoms with Crippen molar-refractivity contribution in [1.82, 2.24) is 0 Å². The summed E-state index contributed by atoms with van der Waals surface area (Å²) in [6.07, 6.45) is 31.6. The molecule has 4 rings (SSSR count). The van der Waals surface area contributed by atoms with Crippen molar-refractivity contribution in [2.24, 2.45) is 11.8 Å². The fourth-order valence-electron chi connectivity index (χ4n) is 10.8. The van der Waals surface area contributed by atoms with E-state index in [1.807, 2.05) is 0 Å². The van der Waals surface area contributed by atoms with Crippen molar-refractivity contribution < 1.29 is 66.4 Å². The molecule has 0 aromatic heterocycles. The maximum Gasteiger partial charge on any atom is 0.331 e. The van der Waals surface area contributed by atoms with Crippen LogP contribution in [0.5, 0.6) is 11.5 Å². The Hall–Kier alpha value is -3.60. The number of ether oxygens (including phenoxy) is 12. The van der Waals surface area contributed by atoms with Gasteiger partial charge in [0.25, 0.3) is 0 Å². The third kappa shape index (κ3) is 36.3. The highest BCUT2D eigenvalue weighted by molar-refractivity contribution is 5.91. The molecular formula is C68H112O14. The van der Waals surface area contributed by atoms with Crippen molar-refractivity contribution in [3.05, 3.63) is 71.8 Å². The molecular weight excluding hydrogens is 1040 g/mol. The van der Waals surface area contributed by atoms with E-state index in [1.165, 1.54) is 114 Å². The number of benzene rings is 2. The van der Waals surface area contributed by atoms with E-state index in [2.05, 4.69) is 62.4 Å². The maximum absolute atomic E-state index is 12.2. The van der Waals surface area contributed by atoms with Gasteiger partial charge in [-0.3, -0.25) is 0 Å². The summed E-state index contributed by atoms with van der Waals surface area (Å²) in [7, 11) is 0. The average Bonchev–Trinajstić information content (AvgIpc) is 3.59. The maximum atomic E-state index is 12.2. The van der Waals surface area contributed by atoms with E-state index in [0.29, 0.717) is 91.1 Å². The minimum Gasteiger partial charge on any atom is -0.494 e. The number of unbranched alkanes of at least 4 members (excludes halogenated alkanes) is 10. The fraction of sp³-hybridized carbons (Fsp3) is 0.765. The van der Waals surface area contributed by atoms with Gasteiger partial charge in [-0.1, -0.05) is 102 Å². The molecule has 2 fully saturated rings. The molecule has 0 aliphatic heterocycles. The Morgan fingerprint density at radius 2 is 0.683 bits per heavy atom. The molecule has 2 aromatic rings. The van der Waals surface area contributed by atoms with E-state index in [-0.39, 0.29) is 13.2 Å². The normalized spacial score (nSPS) is 18.1. The van der Waals surface area contributed by atoms with Gasteiger partial charge in [0, 0.05) is 25.4 Å². The van der Waals surface area contributed by atoms with E-state index in [1.54, 1.807) is 13.8 Å². The molecule has 0 radical (unpaired) electrons. The van der Waals surface area contributed by atoms with Crippen molar-refractivity contribution >= 4 is 11.9 Å². The number of esters is 2. The number of carbonyl (C=O) groups excluding carboxylic acids is 2. The van der Waals surface area contributed by atoms with E-state index < -0.39 is 24.1 Å². The minimum atomic E-state index is -0.666. The van der Waals surface area contributed by atoms with Crippen LogP contribution in [0.4, 0.5) is 0 Å². The summed E-state index contributed by atoms with van der Waals surface area (Å²) in [5.74, 6) is 3.95. The molecule has 82 heavy (non-hydrogen) atoms. The summed E-state index contributed by atoms with van der Waals surface area (Å²) in [6.45, 7) is 16.8. The first-order valence-electron chi connectivity index (χ1n) is 32.5. The first-order valence-corrected chi connectivity index (χ1v) is 32.5. The molecule has 14 heteroatoms. The zero-order valence-corrected chi connectivity index (χ0v) is 51.7. The number of rotatable bonds is 52. The summed E-state index contributed by atoms with van der Waals surface area (Å²) in [5, 5.41) is 0. The van der Waals surface area contributed by atoms with Crippen LogP contribution in [0.3, 0.4) is 0 Å². The summed E-state index contributed by atoms with van der Waals surface area (Å²) >= 11 is 0. The lowest BCUT2D eigenvalue weighted by atomic mass is 9.77. The molecule has 2 aromatic carbocycles. The molecule has 2 saturated carbocycles. The van der Waals surface area contributed by atoms with Gasteiger partial charge >= 0.3 is 11.9 Å². The van der Waals surface area contributed by atoms with E-state index in [0.717, 1.165) is 113 Å². The molecule has 0 unspecified atom stereocenters. The lowest BCUT2D eigenvalue weighted by Gasteiger charge is -2.29. The smallest absolute Gasteiger partial charge is 0.331 e. The first kappa shape index (κ1) is 70.9. The van der Waals surface area contributed by atoms with Gasteiger partial charge in [0.2, 0.25) is 0 Å². The van der Waals surface area contributed by atoms with E-state index in [9.17, 15) is 9.59 Å². The quantitative estimate of drug-likeness (QED) is 0.0352. The van der Waals surface area contributed by atoms with Crippen LogP contribution in [0.1, 0.15) is 205 Å². The highest BCUT2D eigenvalue weighted by atomic mass is 16.6. The Bertz CT molecular complexity index is 1700. The monoisotopic (exact) mass is 1150 g/mol. The number of carbonyl (C=O) groups is 2. The van der Waals surface area contributed by atoms with Crippen LogP contribution < -0.4 is 9.47 Å². The van der Waals surface area contributed by atoms with Crippen LogP contribution in [0.2, 0.25) is 0 Å². The van der Waals surface area contributed by atoms with E-state index >= 15 is 0 Å². The minimum absolute atomic E-state index is 0.192. The van der Waals surface area contributed by atoms with Gasteiger partial charge in [-0.15, -0.1) is 0 Å². The zero-order chi connectivity index (χ0) is 58.2. The second-order valence-electron chi connectivity index (χ2n) is 22.7. The molecule has 2 aliphatic carbocycles. The molecule has 0 N–H and O–H groups in total. The summed E-state index contributed by atoms with van der Waals surface area (Å²) in [4.78, 5) is 24.4. The molecule has 0 bridgehead atoms. The van der Waals surface area contributed by atoms with Crippen LogP contribution in [-0.2, 0) is 57.0 Å². The van der Waals surface area contributed by atoms with Gasteiger partial charge < -0.3 is 56.8 Å². The van der Waals surface area contributed by atoms with Crippen LogP contribution in [0.25, 0.3) is 0 Å². The van der Waals surface area contributed by atoms with Gasteiger partial charge in [0.05, 0.1) is 106 Å². The van der Waals surface area contributed by atoms with Gasteiger partial charge in [-0.2, -0.15) is 0 Å². The Kier molecular flexibility index (Phi) is 42.0. The predicted octanol–water partition coefficient (Wildman–Crippen LogP) is 14.5. The topological polar surface area (TPSA) is 145 Å². The van der Waals surface area contributed by atoms with Crippen molar-refractivity contribution in [3.8, 4) is 11.5 Å². The van der Waals surface area contributed by atoms with Gasteiger partial charge in [0.15, 0.2) is 0 Å². The SMILES string of the molecule is CCCCCC1CCC(c2ccc(OCCCCCCOCCOCCOCCOC[C@H](C)OC(=O)/C=C/C(=O)O[C@@H](C)COCCOCCOCCOCCCCCCOc3ccc(C4CCC(CCCCC)CC4)cc3)cc2)CC1. The molecule has 0 amide bonds. The average molecular weight is 1150 g/mol. The number of hydrogen-bond donors (Lipinski definition) is 0. The Morgan fingerprint density at radius 1 is 0.378 bits per heavy atom. The van der Waals surface area contributed by atoms with Crippen molar-refractivity contribution in [3.63, 3.8) is 0 Å². The van der Waals surface area contributed by atoms with Crippen molar-refractivity contribution in [1.29, 1.82) is 0 Å². The largest absolute Gasteiger partial charge is 0.494 e. The molecule has 0 saturated heterocycles. The van der Waals surface area contributed by atoms with Crippen molar-refractivity contribution in [2.45, 2.75) is 206 Å². The molecule has 14 nitrogen and oxygen atoms in total. The molecule has 468 valence electrons. The van der Waals surface area contributed by atoms with Crippen LogP contribution in [0, 0.1) is 11.8 Å². The summed E-state index contributed by atoms with van der Waals surface area (Å²) in [6, 6.07) is 17.8. The fourth-order valence-corrected chi connectivity index (χ4v) is 10.8. The first-order chi connectivity index (χ1) is 40.3. The highest BCUT2D eigenvalue weighted by Gasteiger charge is 2.23. The second kappa shape index (κ2) is 48.6. The van der Waals surface area contributed by atoms with Gasteiger partial charge in [-0.25, -0.2) is 9.59 Å². The molecule has 2 atom stereocenters.